The van der Waals surface area contributed by atoms with E-state index < -0.39 is 12.1 Å². The lowest BCUT2D eigenvalue weighted by atomic mass is 10.0. The van der Waals surface area contributed by atoms with Gasteiger partial charge in [0.25, 0.3) is 0 Å². The highest BCUT2D eigenvalue weighted by atomic mass is 19.1. The number of amides is 2. The second-order valence-corrected chi connectivity index (χ2v) is 6.17. The summed E-state index contributed by atoms with van der Waals surface area (Å²) in [6.07, 6.45) is 0.134. The highest BCUT2D eigenvalue weighted by molar-refractivity contribution is 6.00. The maximum atomic E-state index is 13.0. The number of carbonyl (C=O) groups is 2. The molecule has 1 aliphatic heterocycles. The Morgan fingerprint density at radius 2 is 1.85 bits per heavy atom. The van der Waals surface area contributed by atoms with Gasteiger partial charge >= 0.3 is 6.09 Å². The molecule has 1 aliphatic rings. The van der Waals surface area contributed by atoms with Crippen LogP contribution in [0.4, 0.5) is 9.18 Å². The van der Waals surface area contributed by atoms with Gasteiger partial charge in [-0.3, -0.25) is 4.79 Å². The topological polar surface area (TPSA) is 79.2 Å². The highest BCUT2D eigenvalue weighted by Gasteiger charge is 2.38. The van der Waals surface area contributed by atoms with Crippen LogP contribution in [-0.4, -0.2) is 34.4 Å². The second-order valence-electron chi connectivity index (χ2n) is 6.17. The van der Waals surface area contributed by atoms with Crippen LogP contribution in [0.25, 0.3) is 0 Å². The molecule has 2 aromatic carbocycles. The van der Waals surface area contributed by atoms with Crippen molar-refractivity contribution in [2.45, 2.75) is 25.3 Å². The van der Waals surface area contributed by atoms with Crippen molar-refractivity contribution in [1.82, 2.24) is 4.90 Å². The van der Waals surface area contributed by atoms with Crippen molar-refractivity contribution in [3.05, 3.63) is 71.5 Å². The molecule has 1 heterocycles. The molecule has 3 rings (SSSR count). The van der Waals surface area contributed by atoms with E-state index in [0.29, 0.717) is 24.1 Å². The van der Waals surface area contributed by atoms with E-state index in [4.69, 9.17) is 4.74 Å². The summed E-state index contributed by atoms with van der Waals surface area (Å²) in [7, 11) is 0. The SMILES string of the molecule is O=C(CCCC(=NO)c1ccc(F)cc1)N1C(=O)OC[C@@H]1c1ccccc1. The van der Waals surface area contributed by atoms with Gasteiger partial charge in [-0.25, -0.2) is 14.1 Å². The summed E-state index contributed by atoms with van der Waals surface area (Å²) in [5, 5.41) is 12.4. The molecule has 7 heteroatoms. The molecule has 1 fully saturated rings. The van der Waals surface area contributed by atoms with Crippen LogP contribution in [0.5, 0.6) is 0 Å². The van der Waals surface area contributed by atoms with Crippen LogP contribution in [0, 0.1) is 5.82 Å². The molecular weight excluding hydrogens is 351 g/mol. The summed E-state index contributed by atoms with van der Waals surface area (Å²) >= 11 is 0. The summed E-state index contributed by atoms with van der Waals surface area (Å²) in [5.41, 5.74) is 1.76. The van der Waals surface area contributed by atoms with Crippen molar-refractivity contribution < 1.29 is 23.9 Å². The Labute approximate surface area is 155 Å². The van der Waals surface area contributed by atoms with Gasteiger partial charge in [-0.2, -0.15) is 0 Å². The van der Waals surface area contributed by atoms with Gasteiger partial charge in [-0.15, -0.1) is 0 Å². The van der Waals surface area contributed by atoms with Crippen LogP contribution in [0.3, 0.4) is 0 Å². The standard InChI is InChI=1S/C20H19FN2O4/c21-16-11-9-14(10-12-16)17(22-26)7-4-8-19(24)23-18(13-27-20(23)25)15-5-2-1-3-6-15/h1-3,5-6,9-12,18,26H,4,7-8,13H2/t18-/m1/s1. The molecular formula is C20H19FN2O4. The van der Waals surface area contributed by atoms with Gasteiger partial charge in [-0.05, 0) is 36.1 Å². The number of benzene rings is 2. The molecule has 1 atom stereocenters. The maximum absolute atomic E-state index is 13.0. The fourth-order valence-electron chi connectivity index (χ4n) is 3.04. The highest BCUT2D eigenvalue weighted by Crippen LogP contribution is 2.28. The number of oxime groups is 1. The molecule has 1 N–H and O–H groups in total. The molecule has 1 saturated heterocycles. The molecule has 2 aromatic rings. The second kappa shape index (κ2) is 8.44. The first kappa shape index (κ1) is 18.6. The molecule has 6 nitrogen and oxygen atoms in total. The van der Waals surface area contributed by atoms with Gasteiger partial charge in [0, 0.05) is 6.42 Å². The average molecular weight is 370 g/mol. The molecule has 0 radical (unpaired) electrons. The predicted octanol–water partition coefficient (Wildman–Crippen LogP) is 3.89. The molecule has 2 amide bonds. The van der Waals surface area contributed by atoms with Crippen LogP contribution in [0.1, 0.15) is 36.4 Å². The molecule has 140 valence electrons. The Morgan fingerprint density at radius 3 is 2.52 bits per heavy atom. The predicted molar refractivity (Wildman–Crippen MR) is 96.0 cm³/mol. The first-order valence-corrected chi connectivity index (χ1v) is 8.61. The number of nitrogens with zero attached hydrogens (tertiary/aromatic N) is 2. The molecule has 0 aliphatic carbocycles. The average Bonchev–Trinajstić information content (AvgIpc) is 3.08. The van der Waals surface area contributed by atoms with Crippen molar-refractivity contribution in [2.24, 2.45) is 5.16 Å². The minimum atomic E-state index is -0.650. The van der Waals surface area contributed by atoms with Crippen LogP contribution < -0.4 is 0 Å². The summed E-state index contributed by atoms with van der Waals surface area (Å²) in [4.78, 5) is 25.7. The number of rotatable bonds is 6. The lowest BCUT2D eigenvalue weighted by Gasteiger charge is -2.19. The quantitative estimate of drug-likeness (QED) is 0.475. The lowest BCUT2D eigenvalue weighted by molar-refractivity contribution is -0.129. The minimum Gasteiger partial charge on any atom is -0.446 e. The lowest BCUT2D eigenvalue weighted by Crippen LogP contribution is -2.34. The van der Waals surface area contributed by atoms with Crippen molar-refractivity contribution in [2.75, 3.05) is 6.61 Å². The molecule has 0 aromatic heterocycles. The Hall–Kier alpha value is -3.22. The Morgan fingerprint density at radius 1 is 1.15 bits per heavy atom. The van der Waals surface area contributed by atoms with E-state index in [-0.39, 0.29) is 24.8 Å². The third-order valence-corrected chi connectivity index (χ3v) is 4.43. The van der Waals surface area contributed by atoms with E-state index in [1.807, 2.05) is 30.3 Å². The molecule has 27 heavy (non-hydrogen) atoms. The number of hydrogen-bond donors (Lipinski definition) is 1. The third kappa shape index (κ3) is 4.31. The van der Waals surface area contributed by atoms with Gasteiger partial charge in [0.1, 0.15) is 18.5 Å². The van der Waals surface area contributed by atoms with Gasteiger partial charge in [0.05, 0.1) is 5.71 Å². The number of imide groups is 1. The zero-order valence-electron chi connectivity index (χ0n) is 14.5. The molecule has 0 unspecified atom stereocenters. The normalized spacial score (nSPS) is 17.1. The smallest absolute Gasteiger partial charge is 0.417 e. The summed E-state index contributed by atoms with van der Waals surface area (Å²) in [6.45, 7) is 0.132. The van der Waals surface area contributed by atoms with Crippen LogP contribution >= 0.6 is 0 Å². The Bertz CT molecular complexity index is 837. The van der Waals surface area contributed by atoms with Crippen molar-refractivity contribution in [3.8, 4) is 0 Å². The van der Waals surface area contributed by atoms with Crippen LogP contribution in [-0.2, 0) is 9.53 Å². The molecule has 0 saturated carbocycles. The van der Waals surface area contributed by atoms with E-state index >= 15 is 0 Å². The van der Waals surface area contributed by atoms with Gasteiger partial charge < -0.3 is 9.94 Å². The largest absolute Gasteiger partial charge is 0.446 e. The number of carbonyl (C=O) groups excluding carboxylic acids is 2. The fraction of sp³-hybridized carbons (Fsp3) is 0.250. The first-order chi connectivity index (χ1) is 13.1. The zero-order valence-corrected chi connectivity index (χ0v) is 14.5. The van der Waals surface area contributed by atoms with Crippen LogP contribution in [0.2, 0.25) is 0 Å². The van der Waals surface area contributed by atoms with Crippen molar-refractivity contribution >= 4 is 17.7 Å². The van der Waals surface area contributed by atoms with Crippen molar-refractivity contribution in [3.63, 3.8) is 0 Å². The number of cyclic esters (lactones) is 1. The third-order valence-electron chi connectivity index (χ3n) is 4.43. The maximum Gasteiger partial charge on any atom is 0.417 e. The summed E-state index contributed by atoms with van der Waals surface area (Å²) in [6, 6.07) is 14.4. The van der Waals surface area contributed by atoms with E-state index in [2.05, 4.69) is 5.16 Å². The number of hydrogen-bond acceptors (Lipinski definition) is 5. The van der Waals surface area contributed by atoms with E-state index in [1.54, 1.807) is 0 Å². The van der Waals surface area contributed by atoms with Gasteiger partial charge in [0.2, 0.25) is 5.91 Å². The summed E-state index contributed by atoms with van der Waals surface area (Å²) in [5.74, 6) is -0.728. The monoisotopic (exact) mass is 370 g/mol. The van der Waals surface area contributed by atoms with E-state index in [9.17, 15) is 19.2 Å². The number of ether oxygens (including phenoxy) is 1. The first-order valence-electron chi connectivity index (χ1n) is 8.61. The van der Waals surface area contributed by atoms with Crippen LogP contribution in [0.15, 0.2) is 59.8 Å². The zero-order chi connectivity index (χ0) is 19.2. The minimum absolute atomic E-state index is 0.0959. The number of halogens is 1. The molecule has 0 spiro atoms. The summed E-state index contributed by atoms with van der Waals surface area (Å²) < 4.78 is 18.1. The van der Waals surface area contributed by atoms with Gasteiger partial charge in [-0.1, -0.05) is 47.6 Å². The van der Waals surface area contributed by atoms with Gasteiger partial charge in [0.15, 0.2) is 0 Å². The Kier molecular flexibility index (Phi) is 5.80. The molecule has 0 bridgehead atoms. The van der Waals surface area contributed by atoms with E-state index in [0.717, 1.165) is 10.5 Å². The van der Waals surface area contributed by atoms with E-state index in [1.165, 1.54) is 24.3 Å². The Balaban J connectivity index is 1.61. The fourth-order valence-corrected chi connectivity index (χ4v) is 3.04. The van der Waals surface area contributed by atoms with Crippen molar-refractivity contribution in [1.29, 1.82) is 0 Å².